The van der Waals surface area contributed by atoms with E-state index in [1.54, 1.807) is 0 Å². The molecule has 0 unspecified atom stereocenters. The van der Waals surface area contributed by atoms with Crippen molar-refractivity contribution < 1.29 is 26.2 Å². The molecule has 0 amide bonds. The molecule has 334 valence electrons. The average molecular weight is 1060 g/mol. The summed E-state index contributed by atoms with van der Waals surface area (Å²) in [5, 5.41) is 13.3. The van der Waals surface area contributed by atoms with E-state index in [0.717, 1.165) is 89.2 Å². The number of aromatic nitrogens is 3. The van der Waals surface area contributed by atoms with Gasteiger partial charge in [0.2, 0.25) is 0 Å². The van der Waals surface area contributed by atoms with Gasteiger partial charge in [0, 0.05) is 49.1 Å². The molecule has 2 heterocycles. The zero-order valence-electron chi connectivity index (χ0n) is 39.1. The molecule has 9 rings (SSSR count). The first-order valence-electron chi connectivity index (χ1n) is 22.4. The molecule has 0 atom stereocenters. The van der Waals surface area contributed by atoms with Gasteiger partial charge in [-0.2, -0.15) is 0 Å². The smallest absolute Gasteiger partial charge is 0.148 e. The van der Waals surface area contributed by atoms with Crippen LogP contribution in [0, 0.1) is 6.07 Å². The van der Waals surface area contributed by atoms with Crippen LogP contribution in [-0.4, -0.2) is 19.6 Å². The van der Waals surface area contributed by atoms with E-state index in [2.05, 4.69) is 194 Å². The SMILES string of the molecule is CC(C)(C)c1cc(-c2cc(-c3ccc(Cl)cc3)ccn2)[c-]c(-c2cccc3c2nc(-c2cc(C(C)(C)C)cc(C(C)(C)C)c2O)n3-c2ccc(-c3ccccc3)cc2-c2ccccc2)c1.[Pt]. The van der Waals surface area contributed by atoms with Crippen molar-refractivity contribution in [2.24, 2.45) is 0 Å². The maximum Gasteiger partial charge on any atom is 0.148 e. The van der Waals surface area contributed by atoms with E-state index in [-0.39, 0.29) is 43.1 Å². The van der Waals surface area contributed by atoms with Crippen molar-refractivity contribution in [3.63, 3.8) is 0 Å². The summed E-state index contributed by atoms with van der Waals surface area (Å²) in [6.45, 7) is 19.9. The Morgan fingerprint density at radius 2 is 1.11 bits per heavy atom. The number of phenols is 1. The Morgan fingerprint density at radius 1 is 0.515 bits per heavy atom. The number of imidazole rings is 1. The van der Waals surface area contributed by atoms with Crippen LogP contribution in [0.15, 0.2) is 164 Å². The maximum atomic E-state index is 12.6. The van der Waals surface area contributed by atoms with Crippen LogP contribution in [0.25, 0.3) is 83.9 Å². The van der Waals surface area contributed by atoms with Gasteiger partial charge in [-0.25, -0.2) is 4.98 Å². The molecule has 0 fully saturated rings. The third kappa shape index (κ3) is 9.19. The number of hydrogen-bond donors (Lipinski definition) is 1. The molecule has 0 aliphatic carbocycles. The van der Waals surface area contributed by atoms with E-state index in [1.807, 2.05) is 42.6 Å². The van der Waals surface area contributed by atoms with Gasteiger partial charge in [0.15, 0.2) is 0 Å². The molecular weight excluding hydrogens is 1010 g/mol. The molecule has 2 aromatic heterocycles. The minimum absolute atomic E-state index is 0. The molecule has 0 saturated heterocycles. The van der Waals surface area contributed by atoms with Gasteiger partial charge in [0.25, 0.3) is 0 Å². The molecule has 0 spiro atoms. The van der Waals surface area contributed by atoms with Crippen LogP contribution in [0.1, 0.15) is 79.0 Å². The number of fused-ring (bicyclic) bond motifs is 1. The molecule has 0 aliphatic rings. The molecule has 9 aromatic rings. The number of benzene rings is 7. The van der Waals surface area contributed by atoms with Crippen LogP contribution in [-0.2, 0) is 37.3 Å². The second kappa shape index (κ2) is 18.0. The van der Waals surface area contributed by atoms with Gasteiger partial charge >= 0.3 is 0 Å². The summed E-state index contributed by atoms with van der Waals surface area (Å²) in [7, 11) is 0. The standard InChI is InChI=1S/C60H55ClN3O.Pt/c1-58(2,3)45-32-43(31-44(33-45)52-35-42(29-30-62-52)39-23-26-47(61)27-24-39)48-21-16-22-54-55(48)63-57(50-36-46(59(4,5)6)37-51(56(50)65)60(7,8)9)64(54)53-28-25-41(38-17-12-10-13-18-38)34-49(53)40-19-14-11-15-20-40;/h10-30,32-37,65H,1-9H3;/q-1;. The summed E-state index contributed by atoms with van der Waals surface area (Å²) in [4.78, 5) is 10.6. The van der Waals surface area contributed by atoms with E-state index in [1.165, 1.54) is 0 Å². The second-order valence-electron chi connectivity index (χ2n) is 20.2. The Bertz CT molecular complexity index is 3210. The minimum atomic E-state index is -0.341. The molecule has 6 heteroatoms. The molecule has 0 saturated carbocycles. The molecule has 0 bridgehead atoms. The van der Waals surface area contributed by atoms with Crippen LogP contribution in [0.4, 0.5) is 0 Å². The number of hydrogen-bond acceptors (Lipinski definition) is 3. The summed E-state index contributed by atoms with van der Waals surface area (Å²) in [5.41, 5.74) is 15.9. The fraction of sp³-hybridized carbons (Fsp3) is 0.200. The minimum Gasteiger partial charge on any atom is -0.507 e. The van der Waals surface area contributed by atoms with Crippen molar-refractivity contribution in [1.29, 1.82) is 0 Å². The van der Waals surface area contributed by atoms with Gasteiger partial charge in [-0.05, 0) is 92.1 Å². The molecule has 0 aliphatic heterocycles. The summed E-state index contributed by atoms with van der Waals surface area (Å²) in [5.74, 6) is 0.900. The fourth-order valence-electron chi connectivity index (χ4n) is 8.63. The Hall–Kier alpha value is -6.06. The monoisotopic (exact) mass is 1060 g/mol. The molecule has 1 N–H and O–H groups in total. The van der Waals surface area contributed by atoms with Gasteiger partial charge < -0.3 is 5.11 Å². The molecule has 66 heavy (non-hydrogen) atoms. The predicted octanol–water partition coefficient (Wildman–Crippen LogP) is 16.5. The zero-order chi connectivity index (χ0) is 45.8. The largest absolute Gasteiger partial charge is 0.507 e. The number of para-hydroxylation sites is 1. The van der Waals surface area contributed by atoms with Gasteiger partial charge in [-0.15, -0.1) is 29.3 Å². The number of rotatable bonds is 7. The molecule has 0 radical (unpaired) electrons. The maximum absolute atomic E-state index is 12.6. The third-order valence-electron chi connectivity index (χ3n) is 12.4. The first-order valence-corrected chi connectivity index (χ1v) is 22.8. The first-order chi connectivity index (χ1) is 30.9. The topological polar surface area (TPSA) is 50.9 Å². The summed E-state index contributed by atoms with van der Waals surface area (Å²) in [6.07, 6.45) is 1.86. The van der Waals surface area contributed by atoms with Crippen LogP contribution in [0.2, 0.25) is 5.02 Å². The molecule has 7 aromatic carbocycles. The third-order valence-corrected chi connectivity index (χ3v) is 12.6. The number of halogens is 1. The van der Waals surface area contributed by atoms with Crippen LogP contribution in [0.5, 0.6) is 5.75 Å². The van der Waals surface area contributed by atoms with Crippen molar-refractivity contribution in [2.75, 3.05) is 0 Å². The first kappa shape index (κ1) is 46.5. The van der Waals surface area contributed by atoms with Gasteiger partial charge in [0.05, 0.1) is 22.3 Å². The van der Waals surface area contributed by atoms with E-state index in [4.69, 9.17) is 21.6 Å². The van der Waals surface area contributed by atoms with E-state index in [9.17, 15) is 5.11 Å². The molecule has 4 nitrogen and oxygen atoms in total. The predicted molar refractivity (Wildman–Crippen MR) is 273 cm³/mol. The van der Waals surface area contributed by atoms with Gasteiger partial charge in [0.1, 0.15) is 11.6 Å². The van der Waals surface area contributed by atoms with E-state index < -0.39 is 0 Å². The Kier molecular flexibility index (Phi) is 12.6. The van der Waals surface area contributed by atoms with E-state index in [0.29, 0.717) is 16.4 Å². The summed E-state index contributed by atoms with van der Waals surface area (Å²) in [6, 6.07) is 58.8. The Balaban J connectivity index is 0.00000592. The van der Waals surface area contributed by atoms with Crippen molar-refractivity contribution >= 4 is 22.6 Å². The van der Waals surface area contributed by atoms with Crippen molar-refractivity contribution in [1.82, 2.24) is 14.5 Å². The van der Waals surface area contributed by atoms with Gasteiger partial charge in [-0.3, -0.25) is 9.55 Å². The van der Waals surface area contributed by atoms with Crippen LogP contribution in [0.3, 0.4) is 0 Å². The fourth-order valence-corrected chi connectivity index (χ4v) is 8.75. The zero-order valence-corrected chi connectivity index (χ0v) is 42.1. The van der Waals surface area contributed by atoms with Crippen LogP contribution >= 0.6 is 11.6 Å². The molecular formula is C60H55ClN3OPt-. The number of pyridine rings is 1. The average Bonchev–Trinajstić information content (AvgIpc) is 3.68. The van der Waals surface area contributed by atoms with Crippen molar-refractivity contribution in [2.45, 2.75) is 78.6 Å². The number of aromatic hydroxyl groups is 1. The van der Waals surface area contributed by atoms with Crippen LogP contribution < -0.4 is 0 Å². The van der Waals surface area contributed by atoms with Gasteiger partial charge in [-0.1, -0.05) is 188 Å². The Morgan fingerprint density at radius 3 is 1.76 bits per heavy atom. The summed E-state index contributed by atoms with van der Waals surface area (Å²) < 4.78 is 2.26. The number of phenolic OH excluding ortho intramolecular Hbond substituents is 1. The van der Waals surface area contributed by atoms with Crippen molar-refractivity contribution in [3.8, 4) is 78.6 Å². The van der Waals surface area contributed by atoms with E-state index >= 15 is 0 Å². The van der Waals surface area contributed by atoms with Crippen molar-refractivity contribution in [3.05, 3.63) is 192 Å². The second-order valence-corrected chi connectivity index (χ2v) is 20.6. The number of nitrogens with zero attached hydrogens (tertiary/aromatic N) is 3. The quantitative estimate of drug-likeness (QED) is 0.162. The normalized spacial score (nSPS) is 12.0. The summed E-state index contributed by atoms with van der Waals surface area (Å²) >= 11 is 6.27. The Labute approximate surface area is 409 Å².